The fraction of sp³-hybridized carbons (Fsp3) is 0.500. The molecular formula is C14H18O3S. The lowest BCUT2D eigenvalue weighted by Gasteiger charge is -2.13. The molecule has 1 aliphatic heterocycles. The van der Waals surface area contributed by atoms with Gasteiger partial charge in [-0.1, -0.05) is 24.6 Å². The summed E-state index contributed by atoms with van der Waals surface area (Å²) in [6.45, 7) is 4.03. The van der Waals surface area contributed by atoms with Gasteiger partial charge in [-0.15, -0.1) is 0 Å². The van der Waals surface area contributed by atoms with Crippen LogP contribution in [0.5, 0.6) is 5.75 Å². The second-order valence-corrected chi connectivity index (χ2v) is 6.27. The van der Waals surface area contributed by atoms with E-state index in [0.29, 0.717) is 0 Å². The SMILES string of the molecule is Cc1ccc2c(c1)CC(CSC(C)CC(=O)O)O2. The third-order valence-corrected chi connectivity index (χ3v) is 4.29. The molecule has 1 N–H and O–H groups in total. The molecule has 0 spiro atoms. The number of aliphatic carboxylic acids is 1. The van der Waals surface area contributed by atoms with Crippen molar-refractivity contribution in [1.29, 1.82) is 0 Å². The first kappa shape index (κ1) is 13.3. The highest BCUT2D eigenvalue weighted by molar-refractivity contribution is 7.99. The zero-order valence-corrected chi connectivity index (χ0v) is 11.5. The second kappa shape index (κ2) is 5.65. The van der Waals surface area contributed by atoms with Crippen molar-refractivity contribution in [2.24, 2.45) is 0 Å². The van der Waals surface area contributed by atoms with Crippen LogP contribution in [0.1, 0.15) is 24.5 Å². The zero-order chi connectivity index (χ0) is 13.1. The molecule has 0 aromatic heterocycles. The number of carboxylic acids is 1. The Morgan fingerprint density at radius 1 is 1.61 bits per heavy atom. The van der Waals surface area contributed by atoms with Crippen molar-refractivity contribution in [3.63, 3.8) is 0 Å². The number of ether oxygens (including phenoxy) is 1. The molecule has 0 amide bonds. The number of rotatable bonds is 5. The first-order valence-corrected chi connectivity index (χ1v) is 7.19. The molecule has 2 atom stereocenters. The van der Waals surface area contributed by atoms with Crippen molar-refractivity contribution in [2.45, 2.75) is 38.0 Å². The number of fused-ring (bicyclic) bond motifs is 1. The molecule has 18 heavy (non-hydrogen) atoms. The molecule has 1 aromatic carbocycles. The molecule has 0 saturated carbocycles. The molecule has 1 heterocycles. The van der Waals surface area contributed by atoms with E-state index < -0.39 is 5.97 Å². The summed E-state index contributed by atoms with van der Waals surface area (Å²) in [7, 11) is 0. The minimum Gasteiger partial charge on any atom is -0.489 e. The molecule has 2 unspecified atom stereocenters. The van der Waals surface area contributed by atoms with Crippen LogP contribution < -0.4 is 4.74 Å². The molecular weight excluding hydrogens is 248 g/mol. The number of thioether (sulfide) groups is 1. The van der Waals surface area contributed by atoms with E-state index in [1.165, 1.54) is 11.1 Å². The quantitative estimate of drug-likeness (QED) is 0.890. The van der Waals surface area contributed by atoms with E-state index in [9.17, 15) is 4.79 Å². The van der Waals surface area contributed by atoms with Crippen molar-refractivity contribution < 1.29 is 14.6 Å². The Bertz CT molecular complexity index is 445. The van der Waals surface area contributed by atoms with Gasteiger partial charge in [-0.05, 0) is 18.6 Å². The fourth-order valence-corrected chi connectivity index (χ4v) is 3.11. The van der Waals surface area contributed by atoms with Gasteiger partial charge in [0.15, 0.2) is 0 Å². The average molecular weight is 266 g/mol. The Hall–Kier alpha value is -1.16. The molecule has 0 fully saturated rings. The van der Waals surface area contributed by atoms with Crippen LogP contribution in [0.15, 0.2) is 18.2 Å². The molecule has 0 radical (unpaired) electrons. The first-order chi connectivity index (χ1) is 8.54. The fourth-order valence-electron chi connectivity index (χ4n) is 2.12. The summed E-state index contributed by atoms with van der Waals surface area (Å²) in [5.41, 5.74) is 2.52. The summed E-state index contributed by atoms with van der Waals surface area (Å²) >= 11 is 1.67. The van der Waals surface area contributed by atoms with E-state index >= 15 is 0 Å². The highest BCUT2D eigenvalue weighted by atomic mass is 32.2. The summed E-state index contributed by atoms with van der Waals surface area (Å²) in [5.74, 6) is 1.10. The Kier molecular flexibility index (Phi) is 4.17. The number of hydrogen-bond donors (Lipinski definition) is 1. The molecule has 98 valence electrons. The van der Waals surface area contributed by atoms with Crippen LogP contribution in [0.4, 0.5) is 0 Å². The van der Waals surface area contributed by atoms with Crippen molar-refractivity contribution >= 4 is 17.7 Å². The lowest BCUT2D eigenvalue weighted by molar-refractivity contribution is -0.136. The van der Waals surface area contributed by atoms with Crippen LogP contribution in [0.25, 0.3) is 0 Å². The normalized spacial score (nSPS) is 19.1. The minimum absolute atomic E-state index is 0.136. The molecule has 4 heteroatoms. The maximum Gasteiger partial charge on any atom is 0.304 e. The molecule has 1 aliphatic rings. The number of carbonyl (C=O) groups is 1. The van der Waals surface area contributed by atoms with E-state index in [4.69, 9.17) is 9.84 Å². The van der Waals surface area contributed by atoms with Gasteiger partial charge in [-0.3, -0.25) is 4.79 Å². The summed E-state index contributed by atoms with van der Waals surface area (Å²) in [6, 6.07) is 6.25. The third-order valence-electron chi connectivity index (χ3n) is 2.99. The van der Waals surface area contributed by atoms with Crippen LogP contribution in [0.2, 0.25) is 0 Å². The Balaban J connectivity index is 1.83. The molecule has 2 rings (SSSR count). The highest BCUT2D eigenvalue weighted by Gasteiger charge is 2.23. The Morgan fingerprint density at radius 2 is 2.39 bits per heavy atom. The monoisotopic (exact) mass is 266 g/mol. The van der Waals surface area contributed by atoms with Gasteiger partial charge < -0.3 is 9.84 Å². The second-order valence-electron chi connectivity index (χ2n) is 4.80. The molecule has 1 aromatic rings. The first-order valence-electron chi connectivity index (χ1n) is 6.14. The lowest BCUT2D eigenvalue weighted by atomic mass is 10.1. The molecule has 0 saturated heterocycles. The van der Waals surface area contributed by atoms with Crippen LogP contribution in [-0.2, 0) is 11.2 Å². The van der Waals surface area contributed by atoms with Crippen molar-refractivity contribution in [1.82, 2.24) is 0 Å². The summed E-state index contributed by atoms with van der Waals surface area (Å²) in [6.07, 6.45) is 1.33. The molecule has 0 aliphatic carbocycles. The smallest absolute Gasteiger partial charge is 0.304 e. The van der Waals surface area contributed by atoms with Gasteiger partial charge in [0.25, 0.3) is 0 Å². The van der Waals surface area contributed by atoms with E-state index in [0.717, 1.165) is 17.9 Å². The summed E-state index contributed by atoms with van der Waals surface area (Å²) in [5, 5.41) is 8.84. The maximum atomic E-state index is 10.6. The predicted octanol–water partition coefficient (Wildman–Crippen LogP) is 2.89. The van der Waals surface area contributed by atoms with Gasteiger partial charge in [-0.25, -0.2) is 0 Å². The lowest BCUT2D eigenvalue weighted by Crippen LogP contribution is -2.18. The number of carboxylic acid groups (broad SMARTS) is 1. The van der Waals surface area contributed by atoms with Gasteiger partial charge in [0.2, 0.25) is 0 Å². The predicted molar refractivity (Wildman–Crippen MR) is 73.5 cm³/mol. The van der Waals surface area contributed by atoms with Crippen LogP contribution in [-0.4, -0.2) is 28.2 Å². The van der Waals surface area contributed by atoms with E-state index in [1.807, 2.05) is 13.0 Å². The molecule has 0 bridgehead atoms. The number of aryl methyl sites for hydroxylation is 1. The van der Waals surface area contributed by atoms with Gasteiger partial charge >= 0.3 is 5.97 Å². The summed E-state index contributed by atoms with van der Waals surface area (Å²) in [4.78, 5) is 10.6. The van der Waals surface area contributed by atoms with E-state index in [-0.39, 0.29) is 17.8 Å². The Morgan fingerprint density at radius 3 is 3.11 bits per heavy atom. The van der Waals surface area contributed by atoms with Gasteiger partial charge in [0, 0.05) is 17.4 Å². The zero-order valence-electron chi connectivity index (χ0n) is 10.7. The number of benzene rings is 1. The van der Waals surface area contributed by atoms with Crippen molar-refractivity contribution in [3.8, 4) is 5.75 Å². The van der Waals surface area contributed by atoms with Gasteiger partial charge in [0.05, 0.1) is 6.42 Å². The molecule has 3 nitrogen and oxygen atoms in total. The van der Waals surface area contributed by atoms with E-state index in [2.05, 4.69) is 19.1 Å². The maximum absolute atomic E-state index is 10.6. The Labute approximate surface area is 112 Å². The van der Waals surface area contributed by atoms with Crippen LogP contribution in [0, 0.1) is 6.92 Å². The highest BCUT2D eigenvalue weighted by Crippen LogP contribution is 2.31. The van der Waals surface area contributed by atoms with Gasteiger partial charge in [-0.2, -0.15) is 11.8 Å². The standard InChI is InChI=1S/C14H18O3S/c1-9-3-4-13-11(5-9)7-12(17-13)8-18-10(2)6-14(15)16/h3-5,10,12H,6-8H2,1-2H3,(H,15,16). The summed E-state index contributed by atoms with van der Waals surface area (Å²) < 4.78 is 5.85. The van der Waals surface area contributed by atoms with Gasteiger partial charge in [0.1, 0.15) is 11.9 Å². The van der Waals surface area contributed by atoms with Crippen LogP contribution >= 0.6 is 11.8 Å². The van der Waals surface area contributed by atoms with Crippen molar-refractivity contribution in [3.05, 3.63) is 29.3 Å². The topological polar surface area (TPSA) is 46.5 Å². The minimum atomic E-state index is -0.735. The van der Waals surface area contributed by atoms with E-state index in [1.54, 1.807) is 11.8 Å². The largest absolute Gasteiger partial charge is 0.489 e. The van der Waals surface area contributed by atoms with Crippen molar-refractivity contribution in [2.75, 3.05) is 5.75 Å². The number of hydrogen-bond acceptors (Lipinski definition) is 3. The third kappa shape index (κ3) is 3.42. The average Bonchev–Trinajstić information content (AvgIpc) is 2.67. The van der Waals surface area contributed by atoms with Crippen LogP contribution in [0.3, 0.4) is 0 Å².